The highest BCUT2D eigenvalue weighted by molar-refractivity contribution is 6.35. The van der Waals surface area contributed by atoms with Crippen molar-refractivity contribution in [1.29, 1.82) is 0 Å². The molecule has 0 aromatic heterocycles. The summed E-state index contributed by atoms with van der Waals surface area (Å²) in [6, 6.07) is 5.60. The van der Waals surface area contributed by atoms with Crippen LogP contribution in [-0.2, 0) is 0 Å². The molecule has 1 rings (SSSR count). The number of alkyl halides is 3. The summed E-state index contributed by atoms with van der Waals surface area (Å²) in [7, 11) is 0. The number of rotatable bonds is 5. The van der Waals surface area contributed by atoms with Gasteiger partial charge in [-0.3, -0.25) is 4.79 Å². The molecule has 0 aliphatic carbocycles. The summed E-state index contributed by atoms with van der Waals surface area (Å²) in [6.45, 7) is 2.39. The lowest BCUT2D eigenvalue weighted by atomic mass is 10.1. The third-order valence-corrected chi connectivity index (χ3v) is 2.00. The zero-order chi connectivity index (χ0) is 12.2. The van der Waals surface area contributed by atoms with Crippen LogP contribution < -0.4 is 4.74 Å². The van der Waals surface area contributed by atoms with E-state index >= 15 is 0 Å². The van der Waals surface area contributed by atoms with Gasteiger partial charge in [0.15, 0.2) is 0 Å². The van der Waals surface area contributed by atoms with Crippen LogP contribution in [0.25, 0.3) is 0 Å². The minimum absolute atomic E-state index is 0.159. The van der Waals surface area contributed by atoms with Gasteiger partial charge in [0, 0.05) is 5.56 Å². The second kappa shape index (κ2) is 5.25. The van der Waals surface area contributed by atoms with Crippen LogP contribution in [0, 0.1) is 0 Å². The molecule has 0 unspecified atom stereocenters. The molecule has 0 saturated heterocycles. The Bertz CT molecular complexity index is 374. The molecule has 88 valence electrons. The van der Waals surface area contributed by atoms with Crippen molar-refractivity contribution in [1.82, 2.24) is 0 Å². The number of carbonyl (C=O) groups is 1. The molecular formula is C11H11ClF2O2. The molecule has 1 aromatic rings. The van der Waals surface area contributed by atoms with Crippen molar-refractivity contribution in [2.24, 2.45) is 0 Å². The lowest BCUT2D eigenvalue weighted by Crippen LogP contribution is -2.21. The van der Waals surface area contributed by atoms with Crippen molar-refractivity contribution in [3.05, 3.63) is 29.8 Å². The number of halogens is 3. The molecule has 0 fully saturated rings. The average molecular weight is 249 g/mol. The standard InChI is InChI=1S/C11H11ClF2O2/c1-2-6-16-9-5-3-4-8(7-9)10(15)11(12,13)14/h3-5,7H,2,6H2,1H3. The van der Waals surface area contributed by atoms with Crippen molar-refractivity contribution >= 4 is 17.4 Å². The third kappa shape index (κ3) is 3.45. The van der Waals surface area contributed by atoms with E-state index in [0.717, 1.165) is 6.42 Å². The zero-order valence-corrected chi connectivity index (χ0v) is 9.43. The quantitative estimate of drug-likeness (QED) is 0.589. The number of hydrogen-bond acceptors (Lipinski definition) is 2. The molecule has 0 N–H and O–H groups in total. The Balaban J connectivity index is 2.86. The fourth-order valence-electron chi connectivity index (χ4n) is 1.11. The van der Waals surface area contributed by atoms with Crippen LogP contribution in [-0.4, -0.2) is 17.8 Å². The van der Waals surface area contributed by atoms with Crippen LogP contribution in [0.1, 0.15) is 23.7 Å². The zero-order valence-electron chi connectivity index (χ0n) is 8.67. The van der Waals surface area contributed by atoms with Crippen LogP contribution in [0.3, 0.4) is 0 Å². The highest BCUT2D eigenvalue weighted by Gasteiger charge is 2.36. The third-order valence-electron chi connectivity index (χ3n) is 1.83. The Morgan fingerprint density at radius 2 is 2.19 bits per heavy atom. The number of hydrogen-bond donors (Lipinski definition) is 0. The van der Waals surface area contributed by atoms with Crippen molar-refractivity contribution in [2.45, 2.75) is 18.7 Å². The second-order valence-electron chi connectivity index (χ2n) is 3.20. The maximum Gasteiger partial charge on any atom is 0.384 e. The van der Waals surface area contributed by atoms with Gasteiger partial charge in [0.2, 0.25) is 5.78 Å². The van der Waals surface area contributed by atoms with Crippen LogP contribution >= 0.6 is 11.6 Å². The first kappa shape index (κ1) is 12.9. The lowest BCUT2D eigenvalue weighted by molar-refractivity contribution is 0.0536. The summed E-state index contributed by atoms with van der Waals surface area (Å²) >= 11 is 4.65. The average Bonchev–Trinajstić information content (AvgIpc) is 2.24. The van der Waals surface area contributed by atoms with Crippen LogP contribution in [0.2, 0.25) is 0 Å². The fraction of sp³-hybridized carbons (Fsp3) is 0.364. The predicted molar refractivity (Wildman–Crippen MR) is 57.4 cm³/mol. The van der Waals surface area contributed by atoms with E-state index in [1.54, 1.807) is 6.07 Å². The largest absolute Gasteiger partial charge is 0.494 e. The Morgan fingerprint density at radius 3 is 2.75 bits per heavy atom. The van der Waals surface area contributed by atoms with E-state index in [2.05, 4.69) is 11.6 Å². The number of carbonyl (C=O) groups excluding carboxylic acids is 1. The smallest absolute Gasteiger partial charge is 0.384 e. The summed E-state index contributed by atoms with van der Waals surface area (Å²) < 4.78 is 30.3. The summed E-state index contributed by atoms with van der Waals surface area (Å²) in [5, 5.41) is -3.87. The fourth-order valence-corrected chi connectivity index (χ4v) is 1.22. The minimum atomic E-state index is -3.87. The Labute approximate surface area is 97.2 Å². The molecule has 0 atom stereocenters. The number of benzene rings is 1. The Hall–Kier alpha value is -1.16. The van der Waals surface area contributed by atoms with Gasteiger partial charge in [0.1, 0.15) is 5.75 Å². The van der Waals surface area contributed by atoms with Crippen molar-refractivity contribution < 1.29 is 18.3 Å². The van der Waals surface area contributed by atoms with Gasteiger partial charge in [-0.15, -0.1) is 0 Å². The summed E-state index contributed by atoms with van der Waals surface area (Å²) in [6.07, 6.45) is 0.795. The van der Waals surface area contributed by atoms with Gasteiger partial charge < -0.3 is 4.74 Å². The van der Waals surface area contributed by atoms with Crippen LogP contribution in [0.15, 0.2) is 24.3 Å². The van der Waals surface area contributed by atoms with Gasteiger partial charge in [-0.1, -0.05) is 19.1 Å². The summed E-state index contributed by atoms with van der Waals surface area (Å²) in [5.41, 5.74) is -0.159. The number of ketones is 1. The molecule has 0 spiro atoms. The maximum absolute atomic E-state index is 12.6. The molecule has 0 aliphatic heterocycles. The van der Waals surface area contributed by atoms with E-state index in [-0.39, 0.29) is 5.56 Å². The lowest BCUT2D eigenvalue weighted by Gasteiger charge is -2.08. The van der Waals surface area contributed by atoms with Crippen molar-refractivity contribution in [2.75, 3.05) is 6.61 Å². The second-order valence-corrected chi connectivity index (χ2v) is 3.68. The number of Topliss-reactive ketones (excluding diaryl/α,β-unsaturated/α-hetero) is 1. The maximum atomic E-state index is 12.6. The topological polar surface area (TPSA) is 26.3 Å². The first-order chi connectivity index (χ1) is 7.45. The molecule has 2 nitrogen and oxygen atoms in total. The van der Waals surface area contributed by atoms with E-state index in [0.29, 0.717) is 12.4 Å². The Morgan fingerprint density at radius 1 is 1.50 bits per heavy atom. The molecule has 5 heteroatoms. The van der Waals surface area contributed by atoms with E-state index in [1.807, 2.05) is 6.92 Å². The van der Waals surface area contributed by atoms with Crippen LogP contribution in [0.5, 0.6) is 5.75 Å². The normalized spacial score (nSPS) is 11.2. The van der Waals surface area contributed by atoms with E-state index in [9.17, 15) is 13.6 Å². The van der Waals surface area contributed by atoms with Crippen molar-refractivity contribution in [3.63, 3.8) is 0 Å². The molecular weight excluding hydrogens is 238 g/mol. The van der Waals surface area contributed by atoms with Crippen molar-refractivity contribution in [3.8, 4) is 5.75 Å². The van der Waals surface area contributed by atoms with Gasteiger partial charge in [-0.2, -0.15) is 8.78 Å². The van der Waals surface area contributed by atoms with E-state index in [1.165, 1.54) is 18.2 Å². The van der Waals surface area contributed by atoms with Gasteiger partial charge in [0.05, 0.1) is 6.61 Å². The molecule has 0 radical (unpaired) electrons. The van der Waals surface area contributed by atoms with Gasteiger partial charge in [0.25, 0.3) is 0 Å². The Kier molecular flexibility index (Phi) is 4.24. The highest BCUT2D eigenvalue weighted by atomic mass is 35.5. The first-order valence-corrected chi connectivity index (χ1v) is 5.17. The highest BCUT2D eigenvalue weighted by Crippen LogP contribution is 2.26. The molecule has 0 bridgehead atoms. The molecule has 0 amide bonds. The predicted octanol–water partition coefficient (Wildman–Crippen LogP) is 3.49. The number of ether oxygens (including phenoxy) is 1. The molecule has 16 heavy (non-hydrogen) atoms. The molecule has 0 saturated carbocycles. The van der Waals surface area contributed by atoms with Crippen LogP contribution in [0.4, 0.5) is 8.78 Å². The van der Waals surface area contributed by atoms with Gasteiger partial charge >= 0.3 is 5.38 Å². The van der Waals surface area contributed by atoms with Gasteiger partial charge in [-0.25, -0.2) is 0 Å². The monoisotopic (exact) mass is 248 g/mol. The van der Waals surface area contributed by atoms with E-state index in [4.69, 9.17) is 4.74 Å². The first-order valence-electron chi connectivity index (χ1n) is 4.79. The SMILES string of the molecule is CCCOc1cccc(C(=O)C(F)(F)Cl)c1. The molecule has 1 aromatic carbocycles. The summed E-state index contributed by atoms with van der Waals surface area (Å²) in [5.74, 6) is -1.04. The minimum Gasteiger partial charge on any atom is -0.494 e. The molecule has 0 aliphatic rings. The van der Waals surface area contributed by atoms with E-state index < -0.39 is 11.2 Å². The summed E-state index contributed by atoms with van der Waals surface area (Å²) in [4.78, 5) is 11.2. The molecule has 0 heterocycles. The van der Waals surface area contributed by atoms with Gasteiger partial charge in [-0.05, 0) is 30.2 Å².